The number of rotatable bonds is 0. The summed E-state index contributed by atoms with van der Waals surface area (Å²) >= 11 is 0. The Morgan fingerprint density at radius 1 is 1.31 bits per heavy atom. The van der Waals surface area contributed by atoms with Crippen LogP contribution in [0.1, 0.15) is 23.1 Å². The quantitative estimate of drug-likeness (QED) is 0.690. The molecule has 0 saturated heterocycles. The first kappa shape index (κ1) is 11.0. The van der Waals surface area contributed by atoms with Crippen LogP contribution < -0.4 is 11.1 Å². The highest BCUT2D eigenvalue weighted by Gasteiger charge is 2.10. The molecule has 0 bridgehead atoms. The van der Waals surface area contributed by atoms with Gasteiger partial charge in [0.15, 0.2) is 5.96 Å². The number of fused-ring (bicyclic) bond motifs is 1. The number of nitrogens with two attached hydrogens (primary N) is 1. The fraction of sp³-hybridized carbons (Fsp3) is 0.462. The third-order valence-corrected chi connectivity index (χ3v) is 3.08. The highest BCUT2D eigenvalue weighted by molar-refractivity contribution is 5.79. The number of aryl methyl sites for hydroxylation is 2. The van der Waals surface area contributed by atoms with Crippen molar-refractivity contribution in [2.45, 2.75) is 26.2 Å². The van der Waals surface area contributed by atoms with Crippen LogP contribution >= 0.6 is 0 Å². The van der Waals surface area contributed by atoms with Crippen LogP contribution in [0, 0.1) is 6.92 Å². The first-order valence-electron chi connectivity index (χ1n) is 5.88. The predicted molar refractivity (Wildman–Crippen MR) is 67.7 cm³/mol. The molecule has 0 aromatic heterocycles. The molecular formula is C13H19N3. The molecule has 3 heteroatoms. The molecule has 0 radical (unpaired) electrons. The topological polar surface area (TPSA) is 50.4 Å². The molecule has 1 aliphatic carbocycles. The van der Waals surface area contributed by atoms with Gasteiger partial charge in [0.2, 0.25) is 0 Å². The second-order valence-corrected chi connectivity index (χ2v) is 4.26. The van der Waals surface area contributed by atoms with Crippen LogP contribution in [-0.2, 0) is 12.8 Å². The smallest absolute Gasteiger partial charge is 0.188 e. The summed E-state index contributed by atoms with van der Waals surface area (Å²) in [7, 11) is 0. The summed E-state index contributed by atoms with van der Waals surface area (Å²) in [5.41, 5.74) is 9.85. The number of benzene rings is 1. The lowest BCUT2D eigenvalue weighted by Gasteiger charge is -2.00. The molecule has 0 atom stereocenters. The van der Waals surface area contributed by atoms with Gasteiger partial charge in [-0.25, -0.2) is 0 Å². The van der Waals surface area contributed by atoms with Crippen LogP contribution in [0.15, 0.2) is 23.2 Å². The number of hydrogen-bond donors (Lipinski definition) is 2. The van der Waals surface area contributed by atoms with Crippen LogP contribution in [0.25, 0.3) is 0 Å². The first-order chi connectivity index (χ1) is 7.77. The summed E-state index contributed by atoms with van der Waals surface area (Å²) in [6.07, 6.45) is 3.97. The van der Waals surface area contributed by atoms with E-state index in [4.69, 9.17) is 5.73 Å². The molecule has 1 aromatic rings. The molecule has 1 aliphatic heterocycles. The maximum atomic E-state index is 5.17. The Kier molecular flexibility index (Phi) is 3.44. The number of hydrogen-bond acceptors (Lipinski definition) is 3. The van der Waals surface area contributed by atoms with Crippen molar-refractivity contribution in [3.8, 4) is 0 Å². The Labute approximate surface area is 96.8 Å². The van der Waals surface area contributed by atoms with Gasteiger partial charge in [-0.3, -0.25) is 4.99 Å². The fourth-order valence-electron chi connectivity index (χ4n) is 2.23. The lowest BCUT2D eigenvalue weighted by Crippen LogP contribution is -2.26. The number of nitrogens with zero attached hydrogens (tertiary/aromatic N) is 1. The van der Waals surface area contributed by atoms with Gasteiger partial charge < -0.3 is 11.1 Å². The van der Waals surface area contributed by atoms with Crippen molar-refractivity contribution >= 4 is 5.96 Å². The van der Waals surface area contributed by atoms with Crippen molar-refractivity contribution in [3.63, 3.8) is 0 Å². The normalized spacial score (nSPS) is 16.9. The van der Waals surface area contributed by atoms with Crippen molar-refractivity contribution in [2.24, 2.45) is 10.7 Å². The molecule has 3 rings (SSSR count). The molecule has 86 valence electrons. The summed E-state index contributed by atoms with van der Waals surface area (Å²) in [6, 6.07) is 6.64. The van der Waals surface area contributed by atoms with Gasteiger partial charge in [-0.2, -0.15) is 0 Å². The SMILES string of the molecule is Cc1cccc2c1CCC2.NC1=NCCN1. The van der Waals surface area contributed by atoms with E-state index in [2.05, 4.69) is 35.4 Å². The molecular weight excluding hydrogens is 198 g/mol. The van der Waals surface area contributed by atoms with E-state index < -0.39 is 0 Å². The van der Waals surface area contributed by atoms with Crippen LogP contribution in [0.5, 0.6) is 0 Å². The molecule has 1 aromatic carbocycles. The average Bonchev–Trinajstić information content (AvgIpc) is 2.90. The van der Waals surface area contributed by atoms with E-state index in [1.807, 2.05) is 0 Å². The van der Waals surface area contributed by atoms with Gasteiger partial charge >= 0.3 is 0 Å². The summed E-state index contributed by atoms with van der Waals surface area (Å²) in [5, 5.41) is 2.85. The number of guanidine groups is 1. The lowest BCUT2D eigenvalue weighted by molar-refractivity contribution is 0.909. The van der Waals surface area contributed by atoms with E-state index in [0.717, 1.165) is 13.1 Å². The minimum Gasteiger partial charge on any atom is -0.370 e. The van der Waals surface area contributed by atoms with Crippen LogP contribution in [0.2, 0.25) is 0 Å². The Bertz CT molecular complexity index is 396. The zero-order valence-corrected chi connectivity index (χ0v) is 9.79. The van der Waals surface area contributed by atoms with Gasteiger partial charge in [-0.1, -0.05) is 18.2 Å². The summed E-state index contributed by atoms with van der Waals surface area (Å²) < 4.78 is 0. The molecule has 0 amide bonds. The van der Waals surface area contributed by atoms with Crippen LogP contribution in [0.4, 0.5) is 0 Å². The van der Waals surface area contributed by atoms with Crippen LogP contribution in [0.3, 0.4) is 0 Å². The molecule has 16 heavy (non-hydrogen) atoms. The Hall–Kier alpha value is -1.51. The van der Waals surface area contributed by atoms with Crippen molar-refractivity contribution in [1.29, 1.82) is 0 Å². The summed E-state index contributed by atoms with van der Waals surface area (Å²) in [4.78, 5) is 3.82. The van der Waals surface area contributed by atoms with Crippen molar-refractivity contribution in [2.75, 3.05) is 13.1 Å². The Morgan fingerprint density at radius 2 is 2.19 bits per heavy atom. The first-order valence-corrected chi connectivity index (χ1v) is 5.88. The van der Waals surface area contributed by atoms with E-state index in [0.29, 0.717) is 5.96 Å². The summed E-state index contributed by atoms with van der Waals surface area (Å²) in [6.45, 7) is 3.96. The molecule has 0 spiro atoms. The third-order valence-electron chi connectivity index (χ3n) is 3.08. The van der Waals surface area contributed by atoms with E-state index >= 15 is 0 Å². The average molecular weight is 217 g/mol. The number of nitrogens with one attached hydrogen (secondary N) is 1. The van der Waals surface area contributed by atoms with E-state index in [1.54, 1.807) is 11.1 Å². The molecule has 0 fully saturated rings. The van der Waals surface area contributed by atoms with Crippen molar-refractivity contribution in [3.05, 3.63) is 34.9 Å². The zero-order chi connectivity index (χ0) is 11.4. The molecule has 3 nitrogen and oxygen atoms in total. The highest BCUT2D eigenvalue weighted by atomic mass is 15.1. The maximum absolute atomic E-state index is 5.17. The molecule has 1 heterocycles. The third kappa shape index (κ3) is 2.54. The van der Waals surface area contributed by atoms with E-state index in [-0.39, 0.29) is 0 Å². The highest BCUT2D eigenvalue weighted by Crippen LogP contribution is 2.24. The van der Waals surface area contributed by atoms with Gasteiger partial charge in [-0.05, 0) is 42.9 Å². The summed E-state index contributed by atoms with van der Waals surface area (Å²) in [5.74, 6) is 0.579. The minimum atomic E-state index is 0.579. The maximum Gasteiger partial charge on any atom is 0.188 e. The van der Waals surface area contributed by atoms with Gasteiger partial charge in [0.1, 0.15) is 0 Å². The minimum absolute atomic E-state index is 0.579. The Morgan fingerprint density at radius 3 is 2.75 bits per heavy atom. The van der Waals surface area contributed by atoms with Gasteiger partial charge in [-0.15, -0.1) is 0 Å². The monoisotopic (exact) mass is 217 g/mol. The zero-order valence-electron chi connectivity index (χ0n) is 9.79. The fourth-order valence-corrected chi connectivity index (χ4v) is 2.23. The number of aliphatic imine (C=N–C) groups is 1. The van der Waals surface area contributed by atoms with Crippen LogP contribution in [-0.4, -0.2) is 19.0 Å². The Balaban J connectivity index is 0.000000138. The van der Waals surface area contributed by atoms with E-state index in [1.165, 1.54) is 24.8 Å². The lowest BCUT2D eigenvalue weighted by atomic mass is 10.1. The predicted octanol–water partition coefficient (Wildman–Crippen LogP) is 1.39. The van der Waals surface area contributed by atoms with Gasteiger partial charge in [0.25, 0.3) is 0 Å². The van der Waals surface area contributed by atoms with Gasteiger partial charge in [0.05, 0.1) is 6.54 Å². The molecule has 0 unspecified atom stereocenters. The second-order valence-electron chi connectivity index (χ2n) is 4.26. The molecule has 2 aliphatic rings. The second kappa shape index (κ2) is 5.01. The standard InChI is InChI=1S/C10H12.C3H7N3/c1-8-4-2-5-9-6-3-7-10(8)9;4-3-5-1-2-6-3/h2,4-5H,3,6-7H2,1H3;1-2H2,(H3,4,5,6). The largest absolute Gasteiger partial charge is 0.370 e. The molecule has 3 N–H and O–H groups in total. The van der Waals surface area contributed by atoms with Crippen molar-refractivity contribution < 1.29 is 0 Å². The molecule has 0 saturated carbocycles. The van der Waals surface area contributed by atoms with Crippen molar-refractivity contribution in [1.82, 2.24) is 5.32 Å². The van der Waals surface area contributed by atoms with E-state index in [9.17, 15) is 0 Å². The van der Waals surface area contributed by atoms with Gasteiger partial charge in [0, 0.05) is 6.54 Å².